The Bertz CT molecular complexity index is 598. The Labute approximate surface area is 131 Å². The molecular weight excluding hydrogens is 315 g/mol. The van der Waals surface area contributed by atoms with Gasteiger partial charge in [-0.2, -0.15) is 0 Å². The van der Waals surface area contributed by atoms with E-state index in [-0.39, 0.29) is 17.1 Å². The van der Waals surface area contributed by atoms with Crippen molar-refractivity contribution >= 4 is 21.6 Å². The van der Waals surface area contributed by atoms with Crippen molar-refractivity contribution in [3.63, 3.8) is 0 Å². The van der Waals surface area contributed by atoms with Crippen LogP contribution >= 0.6 is 11.6 Å². The molecule has 0 atom stereocenters. The summed E-state index contributed by atoms with van der Waals surface area (Å²) in [6.07, 6.45) is 0.902. The summed E-state index contributed by atoms with van der Waals surface area (Å²) in [5, 5.41) is 3.23. The van der Waals surface area contributed by atoms with Gasteiger partial charge in [-0.1, -0.05) is 18.5 Å². The van der Waals surface area contributed by atoms with E-state index in [9.17, 15) is 12.8 Å². The van der Waals surface area contributed by atoms with Crippen LogP contribution < -0.4 is 10.0 Å². The van der Waals surface area contributed by atoms with E-state index in [1.165, 1.54) is 6.07 Å². The van der Waals surface area contributed by atoms with Crippen LogP contribution in [0, 0.1) is 5.82 Å². The maximum absolute atomic E-state index is 14.4. The summed E-state index contributed by atoms with van der Waals surface area (Å²) in [5.41, 5.74) is -0.459. The molecule has 1 aromatic carbocycles. The van der Waals surface area contributed by atoms with Gasteiger partial charge in [0.1, 0.15) is 10.7 Å². The Morgan fingerprint density at radius 1 is 1.29 bits per heavy atom. The number of sulfonamides is 1. The molecule has 0 aromatic heterocycles. The first kappa shape index (κ1) is 18.4. The Hall–Kier alpha value is -0.690. The SMILES string of the molecule is CCCNCc1cc(Cl)cc(S(=O)(=O)NC(C)(C)C)c1F. The molecule has 21 heavy (non-hydrogen) atoms. The molecule has 4 nitrogen and oxygen atoms in total. The number of hydrogen-bond donors (Lipinski definition) is 2. The van der Waals surface area contributed by atoms with Gasteiger partial charge in [-0.25, -0.2) is 17.5 Å². The van der Waals surface area contributed by atoms with Crippen molar-refractivity contribution in [3.8, 4) is 0 Å². The highest BCUT2D eigenvalue weighted by molar-refractivity contribution is 7.89. The predicted octanol–water partition coefficient (Wildman–Crippen LogP) is 3.06. The maximum Gasteiger partial charge on any atom is 0.244 e. The molecule has 0 heterocycles. The molecule has 0 aliphatic rings. The second kappa shape index (κ2) is 7.05. The minimum absolute atomic E-state index is 0.194. The van der Waals surface area contributed by atoms with Gasteiger partial charge in [0.25, 0.3) is 0 Å². The molecule has 7 heteroatoms. The number of rotatable bonds is 6. The summed E-state index contributed by atoms with van der Waals surface area (Å²) >= 11 is 5.93. The van der Waals surface area contributed by atoms with Gasteiger partial charge in [0.15, 0.2) is 0 Å². The van der Waals surface area contributed by atoms with Gasteiger partial charge in [-0.3, -0.25) is 0 Å². The number of hydrogen-bond acceptors (Lipinski definition) is 3. The zero-order chi connectivity index (χ0) is 16.3. The van der Waals surface area contributed by atoms with Crippen molar-refractivity contribution in [2.45, 2.75) is 51.1 Å². The van der Waals surface area contributed by atoms with E-state index in [0.717, 1.165) is 12.5 Å². The predicted molar refractivity (Wildman–Crippen MR) is 83.5 cm³/mol. The van der Waals surface area contributed by atoms with Crippen molar-refractivity contribution in [2.75, 3.05) is 6.54 Å². The Kier molecular flexibility index (Phi) is 6.16. The van der Waals surface area contributed by atoms with Gasteiger partial charge in [-0.05, 0) is 45.9 Å². The molecule has 0 aliphatic heterocycles. The molecule has 0 fully saturated rings. The van der Waals surface area contributed by atoms with Crippen molar-refractivity contribution in [3.05, 3.63) is 28.5 Å². The highest BCUT2D eigenvalue weighted by atomic mass is 35.5. The van der Waals surface area contributed by atoms with E-state index in [1.54, 1.807) is 20.8 Å². The Morgan fingerprint density at radius 2 is 1.90 bits per heavy atom. The van der Waals surface area contributed by atoms with E-state index in [0.29, 0.717) is 6.54 Å². The Balaban J connectivity index is 3.19. The van der Waals surface area contributed by atoms with Crippen LogP contribution in [0.3, 0.4) is 0 Å². The average molecular weight is 337 g/mol. The molecule has 1 rings (SSSR count). The van der Waals surface area contributed by atoms with Crippen LogP contribution in [-0.4, -0.2) is 20.5 Å². The fraction of sp³-hybridized carbons (Fsp3) is 0.571. The minimum Gasteiger partial charge on any atom is -0.313 e. The van der Waals surface area contributed by atoms with Crippen molar-refractivity contribution in [2.24, 2.45) is 0 Å². The molecule has 0 bridgehead atoms. The van der Waals surface area contributed by atoms with E-state index in [4.69, 9.17) is 11.6 Å². The first-order chi connectivity index (χ1) is 9.57. The summed E-state index contributed by atoms with van der Waals surface area (Å²) in [5.74, 6) is -0.764. The number of benzene rings is 1. The third kappa shape index (κ3) is 5.54. The molecular formula is C14H22ClFN2O2S. The zero-order valence-electron chi connectivity index (χ0n) is 12.8. The lowest BCUT2D eigenvalue weighted by Gasteiger charge is -2.21. The first-order valence-electron chi connectivity index (χ1n) is 6.79. The van der Waals surface area contributed by atoms with Gasteiger partial charge in [0, 0.05) is 22.7 Å². The third-order valence-corrected chi connectivity index (χ3v) is 4.53. The van der Waals surface area contributed by atoms with Gasteiger partial charge in [-0.15, -0.1) is 0 Å². The monoisotopic (exact) mass is 336 g/mol. The first-order valence-corrected chi connectivity index (χ1v) is 8.65. The second-order valence-corrected chi connectivity index (χ2v) is 8.00. The molecule has 0 unspecified atom stereocenters. The van der Waals surface area contributed by atoms with E-state index < -0.39 is 26.3 Å². The fourth-order valence-electron chi connectivity index (χ4n) is 1.80. The van der Waals surface area contributed by atoms with Crippen molar-refractivity contribution in [1.29, 1.82) is 0 Å². The molecule has 0 radical (unpaired) electrons. The molecule has 0 saturated heterocycles. The summed E-state index contributed by atoms with van der Waals surface area (Å²) in [6, 6.07) is 2.57. The lowest BCUT2D eigenvalue weighted by atomic mass is 10.1. The molecule has 2 N–H and O–H groups in total. The second-order valence-electron chi connectivity index (χ2n) is 5.91. The van der Waals surface area contributed by atoms with Crippen LogP contribution in [-0.2, 0) is 16.6 Å². The normalized spacial score (nSPS) is 12.7. The molecule has 120 valence electrons. The number of nitrogens with one attached hydrogen (secondary N) is 2. The fourth-order valence-corrected chi connectivity index (χ4v) is 3.67. The molecule has 1 aromatic rings. The smallest absolute Gasteiger partial charge is 0.244 e. The van der Waals surface area contributed by atoms with Gasteiger partial charge < -0.3 is 5.32 Å². The number of halogens is 2. The zero-order valence-corrected chi connectivity index (χ0v) is 14.3. The highest BCUT2D eigenvalue weighted by Gasteiger charge is 2.26. The van der Waals surface area contributed by atoms with Crippen LogP contribution in [0.2, 0.25) is 5.02 Å². The van der Waals surface area contributed by atoms with Crippen LogP contribution in [0.15, 0.2) is 17.0 Å². The van der Waals surface area contributed by atoms with Gasteiger partial charge >= 0.3 is 0 Å². The topological polar surface area (TPSA) is 58.2 Å². The molecule has 0 amide bonds. The highest BCUT2D eigenvalue weighted by Crippen LogP contribution is 2.24. The average Bonchev–Trinajstić information content (AvgIpc) is 2.30. The molecule has 0 spiro atoms. The Morgan fingerprint density at radius 3 is 2.43 bits per heavy atom. The van der Waals surface area contributed by atoms with Crippen LogP contribution in [0.25, 0.3) is 0 Å². The van der Waals surface area contributed by atoms with Crippen LogP contribution in [0.5, 0.6) is 0 Å². The standard InChI is InChI=1S/C14H22ClFN2O2S/c1-5-6-17-9-10-7-11(15)8-12(13(10)16)21(19,20)18-14(2,3)4/h7-8,17-18H,5-6,9H2,1-4H3. The van der Waals surface area contributed by atoms with Crippen LogP contribution in [0.4, 0.5) is 4.39 Å². The minimum atomic E-state index is -3.96. The van der Waals surface area contributed by atoms with Crippen molar-refractivity contribution < 1.29 is 12.8 Å². The summed E-state index contributed by atoms with van der Waals surface area (Å²) < 4.78 is 41.4. The van der Waals surface area contributed by atoms with E-state index in [2.05, 4.69) is 10.0 Å². The maximum atomic E-state index is 14.4. The molecule has 0 aliphatic carbocycles. The van der Waals surface area contributed by atoms with Gasteiger partial charge in [0.2, 0.25) is 10.0 Å². The lowest BCUT2D eigenvalue weighted by molar-refractivity contribution is 0.484. The largest absolute Gasteiger partial charge is 0.313 e. The lowest BCUT2D eigenvalue weighted by Crippen LogP contribution is -2.40. The summed E-state index contributed by atoms with van der Waals surface area (Å²) in [7, 11) is -3.96. The van der Waals surface area contributed by atoms with Gasteiger partial charge in [0.05, 0.1) is 0 Å². The summed E-state index contributed by atoms with van der Waals surface area (Å²) in [6.45, 7) is 8.02. The summed E-state index contributed by atoms with van der Waals surface area (Å²) in [4.78, 5) is -0.418. The van der Waals surface area contributed by atoms with E-state index >= 15 is 0 Å². The van der Waals surface area contributed by atoms with Crippen molar-refractivity contribution in [1.82, 2.24) is 10.0 Å². The quantitative estimate of drug-likeness (QED) is 0.785. The third-order valence-electron chi connectivity index (χ3n) is 2.55. The van der Waals surface area contributed by atoms with E-state index in [1.807, 2.05) is 6.92 Å². The molecule has 0 saturated carbocycles. The van der Waals surface area contributed by atoms with Crippen LogP contribution in [0.1, 0.15) is 39.7 Å².